The number of hydrogen-bond donors (Lipinski definition) is 1. The summed E-state index contributed by atoms with van der Waals surface area (Å²) >= 11 is 1.29. The van der Waals surface area contributed by atoms with Crippen LogP contribution >= 0.6 is 11.8 Å². The van der Waals surface area contributed by atoms with Crippen molar-refractivity contribution in [3.05, 3.63) is 24.0 Å². The first-order valence-electron chi connectivity index (χ1n) is 6.04. The molecule has 2 amide bonds. The Balaban J connectivity index is 2.26. The Morgan fingerprint density at radius 1 is 1.50 bits per heavy atom. The highest BCUT2D eigenvalue weighted by atomic mass is 32.2. The van der Waals surface area contributed by atoms with E-state index in [2.05, 4.69) is 5.32 Å². The van der Waals surface area contributed by atoms with Crippen molar-refractivity contribution in [3.8, 4) is 0 Å². The zero-order valence-corrected chi connectivity index (χ0v) is 12.2. The number of rotatable bonds is 3. The molecular weight excluding hydrogens is 283 g/mol. The van der Waals surface area contributed by atoms with Crippen LogP contribution in [0.5, 0.6) is 0 Å². The summed E-state index contributed by atoms with van der Waals surface area (Å²) in [6.07, 6.45) is 0.438. The van der Waals surface area contributed by atoms with Gasteiger partial charge >= 0.3 is 6.09 Å². The van der Waals surface area contributed by atoms with Gasteiger partial charge in [0.25, 0.3) is 0 Å². The summed E-state index contributed by atoms with van der Waals surface area (Å²) < 4.78 is 18.9. The number of nitrogens with one attached hydrogen (secondary N) is 1. The molecule has 0 aliphatic carbocycles. The molecule has 0 saturated carbocycles. The average Bonchev–Trinajstić information content (AvgIpc) is 2.63. The molecule has 1 aromatic carbocycles. The Morgan fingerprint density at radius 2 is 2.20 bits per heavy atom. The van der Waals surface area contributed by atoms with E-state index in [9.17, 15) is 14.0 Å². The number of halogens is 1. The Morgan fingerprint density at radius 3 is 2.75 bits per heavy atom. The van der Waals surface area contributed by atoms with E-state index >= 15 is 0 Å². The summed E-state index contributed by atoms with van der Waals surface area (Å²) in [5.74, 6) is -0.682. The van der Waals surface area contributed by atoms with Crippen molar-refractivity contribution in [1.82, 2.24) is 5.32 Å². The molecule has 0 radical (unpaired) electrons. The second kappa shape index (κ2) is 5.70. The van der Waals surface area contributed by atoms with Crippen LogP contribution in [0.2, 0.25) is 0 Å². The van der Waals surface area contributed by atoms with E-state index < -0.39 is 24.2 Å². The van der Waals surface area contributed by atoms with Gasteiger partial charge in [0.1, 0.15) is 5.82 Å². The van der Waals surface area contributed by atoms with Gasteiger partial charge in [-0.25, -0.2) is 9.18 Å². The maximum Gasteiger partial charge on any atom is 0.416 e. The molecule has 1 aliphatic rings. The molecule has 5 nitrogen and oxygen atoms in total. The molecule has 108 valence electrons. The van der Waals surface area contributed by atoms with Crippen molar-refractivity contribution in [2.45, 2.75) is 31.0 Å². The molecule has 1 fully saturated rings. The highest BCUT2D eigenvalue weighted by molar-refractivity contribution is 7.98. The third-order valence-corrected chi connectivity index (χ3v) is 3.80. The molecule has 2 atom stereocenters. The van der Waals surface area contributed by atoms with Crippen LogP contribution in [-0.4, -0.2) is 30.5 Å². The fourth-order valence-electron chi connectivity index (χ4n) is 2.06. The fourth-order valence-corrected chi connectivity index (χ4v) is 2.52. The Hall–Kier alpha value is -1.76. The van der Waals surface area contributed by atoms with Crippen molar-refractivity contribution in [1.29, 1.82) is 0 Å². The summed E-state index contributed by atoms with van der Waals surface area (Å²) in [7, 11) is 0. The van der Waals surface area contributed by atoms with Gasteiger partial charge in [-0.1, -0.05) is 0 Å². The maximum absolute atomic E-state index is 13.8. The second-order valence-corrected chi connectivity index (χ2v) is 5.28. The van der Waals surface area contributed by atoms with E-state index in [0.29, 0.717) is 10.6 Å². The molecule has 0 spiro atoms. The largest absolute Gasteiger partial charge is 0.423 e. The van der Waals surface area contributed by atoms with Crippen LogP contribution < -0.4 is 10.2 Å². The smallest absolute Gasteiger partial charge is 0.416 e. The van der Waals surface area contributed by atoms with Crippen molar-refractivity contribution in [2.75, 3.05) is 11.2 Å². The van der Waals surface area contributed by atoms with Crippen molar-refractivity contribution in [3.63, 3.8) is 0 Å². The number of hydrogen-bond acceptors (Lipinski definition) is 4. The van der Waals surface area contributed by atoms with Gasteiger partial charge in [-0.05, 0) is 31.4 Å². The minimum atomic E-state index is -0.733. The summed E-state index contributed by atoms with van der Waals surface area (Å²) in [6, 6.07) is 4.15. The number of amides is 2. The molecule has 1 unspecified atom stereocenters. The SMILES string of the molecule is CSc1ccc(N2C(=O)O[C@H](NC(C)=O)C2C)cc1F. The first-order valence-corrected chi connectivity index (χ1v) is 7.27. The number of carbonyl (C=O) groups excluding carboxylic acids is 2. The molecule has 7 heteroatoms. The van der Waals surface area contributed by atoms with Crippen LogP contribution in [0.4, 0.5) is 14.9 Å². The minimum Gasteiger partial charge on any atom is -0.423 e. The Kier molecular flexibility index (Phi) is 4.17. The summed E-state index contributed by atoms with van der Waals surface area (Å²) in [5, 5.41) is 2.54. The second-order valence-electron chi connectivity index (χ2n) is 4.43. The number of anilines is 1. The lowest BCUT2D eigenvalue weighted by Gasteiger charge is -2.21. The number of cyclic esters (lactones) is 1. The Labute approximate surface area is 120 Å². The average molecular weight is 298 g/mol. The van der Waals surface area contributed by atoms with Gasteiger partial charge in [0.2, 0.25) is 5.91 Å². The molecule has 1 N–H and O–H groups in total. The zero-order chi connectivity index (χ0) is 14.9. The number of ether oxygens (including phenoxy) is 1. The van der Waals surface area contributed by atoms with E-state index in [1.54, 1.807) is 25.3 Å². The number of benzene rings is 1. The quantitative estimate of drug-likeness (QED) is 0.870. The topological polar surface area (TPSA) is 58.6 Å². The molecule has 20 heavy (non-hydrogen) atoms. The molecular formula is C13H15FN2O3S. The van der Waals surface area contributed by atoms with Gasteiger partial charge in [0.05, 0.1) is 11.7 Å². The van der Waals surface area contributed by atoms with Gasteiger partial charge in [-0.2, -0.15) is 0 Å². The predicted octanol–water partition coefficient (Wildman–Crippen LogP) is 2.35. The molecule has 1 aliphatic heterocycles. The molecule has 1 aromatic rings. The van der Waals surface area contributed by atoms with E-state index in [1.807, 2.05) is 0 Å². The molecule has 1 saturated heterocycles. The molecule has 2 rings (SSSR count). The van der Waals surface area contributed by atoms with Crippen LogP contribution in [0, 0.1) is 5.82 Å². The summed E-state index contributed by atoms with van der Waals surface area (Å²) in [4.78, 5) is 24.8. The first kappa shape index (κ1) is 14.6. The monoisotopic (exact) mass is 298 g/mol. The third-order valence-electron chi connectivity index (χ3n) is 3.03. The van der Waals surface area contributed by atoms with Crippen molar-refractivity contribution < 1.29 is 18.7 Å². The van der Waals surface area contributed by atoms with Gasteiger partial charge in [-0.15, -0.1) is 11.8 Å². The van der Waals surface area contributed by atoms with Crippen LogP contribution in [0.25, 0.3) is 0 Å². The molecule has 1 heterocycles. The van der Waals surface area contributed by atoms with E-state index in [1.165, 1.54) is 29.7 Å². The normalized spacial score (nSPS) is 21.8. The highest BCUT2D eigenvalue weighted by Gasteiger charge is 2.40. The Bertz CT molecular complexity index is 552. The van der Waals surface area contributed by atoms with Gasteiger partial charge in [0.15, 0.2) is 6.23 Å². The van der Waals surface area contributed by atoms with E-state index in [-0.39, 0.29) is 5.91 Å². The van der Waals surface area contributed by atoms with Crippen LogP contribution in [-0.2, 0) is 9.53 Å². The van der Waals surface area contributed by atoms with Crippen LogP contribution in [0.1, 0.15) is 13.8 Å². The molecule has 0 bridgehead atoms. The van der Waals surface area contributed by atoms with Gasteiger partial charge < -0.3 is 10.1 Å². The standard InChI is InChI=1S/C13H15FN2O3S/c1-7-12(15-8(2)17)19-13(18)16(7)9-4-5-11(20-3)10(14)6-9/h4-7,12H,1-3H3,(H,15,17)/t7?,12-/m0/s1. The van der Waals surface area contributed by atoms with Crippen molar-refractivity contribution in [2.24, 2.45) is 0 Å². The summed E-state index contributed by atoms with van der Waals surface area (Å²) in [6.45, 7) is 3.07. The fraction of sp³-hybridized carbons (Fsp3) is 0.385. The van der Waals surface area contributed by atoms with Crippen molar-refractivity contribution >= 4 is 29.4 Å². The molecule has 0 aromatic heterocycles. The van der Waals surface area contributed by atoms with Gasteiger partial charge in [0, 0.05) is 11.8 Å². The predicted molar refractivity (Wildman–Crippen MR) is 74.2 cm³/mol. The maximum atomic E-state index is 13.8. The zero-order valence-electron chi connectivity index (χ0n) is 11.3. The van der Waals surface area contributed by atoms with Crippen LogP contribution in [0.3, 0.4) is 0 Å². The van der Waals surface area contributed by atoms with Crippen LogP contribution in [0.15, 0.2) is 23.1 Å². The number of carbonyl (C=O) groups is 2. The van der Waals surface area contributed by atoms with Gasteiger partial charge in [-0.3, -0.25) is 9.69 Å². The highest BCUT2D eigenvalue weighted by Crippen LogP contribution is 2.29. The lowest BCUT2D eigenvalue weighted by Crippen LogP contribution is -2.43. The number of nitrogens with zero attached hydrogens (tertiary/aromatic N) is 1. The lowest BCUT2D eigenvalue weighted by atomic mass is 10.2. The van der Waals surface area contributed by atoms with E-state index in [4.69, 9.17) is 4.74 Å². The first-order chi connectivity index (χ1) is 9.43. The third kappa shape index (κ3) is 2.72. The van der Waals surface area contributed by atoms with E-state index in [0.717, 1.165) is 0 Å². The number of thioether (sulfide) groups is 1. The summed E-state index contributed by atoms with van der Waals surface area (Å²) in [5.41, 5.74) is 0.408. The lowest BCUT2D eigenvalue weighted by molar-refractivity contribution is -0.121. The minimum absolute atomic E-state index is 0.291.